The number of benzene rings is 1. The van der Waals surface area contributed by atoms with Gasteiger partial charge in [0, 0.05) is 22.7 Å². The molecule has 8 nitrogen and oxygen atoms in total. The molecule has 1 heterocycles. The molecule has 186 valence electrons. The second-order valence-corrected chi connectivity index (χ2v) is 11.0. The number of methoxy groups -OCH3 is 1. The minimum Gasteiger partial charge on any atom is -0.464 e. The van der Waals surface area contributed by atoms with Crippen LogP contribution in [0.2, 0.25) is 0 Å². The Hall–Kier alpha value is -2.65. The number of rotatable bonds is 6. The van der Waals surface area contributed by atoms with Gasteiger partial charge in [-0.1, -0.05) is 28.1 Å². The van der Waals surface area contributed by atoms with Crippen LogP contribution in [0.5, 0.6) is 0 Å². The number of nitrogens with zero attached hydrogens (tertiary/aromatic N) is 1. The van der Waals surface area contributed by atoms with E-state index < -0.39 is 41.3 Å². The van der Waals surface area contributed by atoms with Crippen molar-refractivity contribution < 1.29 is 33.7 Å². The Kier molecular flexibility index (Phi) is 8.37. The molecule has 1 atom stereocenters. The first kappa shape index (κ1) is 27.6. The smallest absolute Gasteiger partial charge is 0.419 e. The van der Waals surface area contributed by atoms with E-state index in [0.29, 0.717) is 0 Å². The Morgan fingerprint density at radius 1 is 0.971 bits per heavy atom. The fraction of sp³-hybridized carbons (Fsp3) is 0.480. The Bertz CT molecular complexity index is 1040. The molecular formula is C25H32BrNO7. The molecule has 0 bridgehead atoms. The summed E-state index contributed by atoms with van der Waals surface area (Å²) in [6.07, 6.45) is 0.101. The molecule has 0 fully saturated rings. The van der Waals surface area contributed by atoms with Crippen molar-refractivity contribution in [3.8, 4) is 0 Å². The second-order valence-electron chi connectivity index (χ2n) is 10.1. The predicted molar refractivity (Wildman–Crippen MR) is 130 cm³/mol. The number of hydrogen-bond acceptors (Lipinski definition) is 7. The lowest BCUT2D eigenvalue weighted by Gasteiger charge is -2.29. The van der Waals surface area contributed by atoms with Gasteiger partial charge in [0.15, 0.2) is 0 Å². The largest absolute Gasteiger partial charge is 0.464 e. The zero-order valence-electron chi connectivity index (χ0n) is 20.6. The maximum atomic E-state index is 12.8. The van der Waals surface area contributed by atoms with Crippen molar-refractivity contribution in [2.75, 3.05) is 7.11 Å². The van der Waals surface area contributed by atoms with Gasteiger partial charge >= 0.3 is 18.0 Å². The highest BCUT2D eigenvalue weighted by Crippen LogP contribution is 2.33. The fourth-order valence-electron chi connectivity index (χ4n) is 3.26. The normalized spacial score (nSPS) is 13.7. The molecule has 34 heavy (non-hydrogen) atoms. The molecule has 2 rings (SSSR count). The van der Waals surface area contributed by atoms with E-state index in [4.69, 9.17) is 14.2 Å². The average molecular weight is 538 g/mol. The molecule has 0 saturated heterocycles. The molecule has 1 N–H and O–H groups in total. The molecule has 0 spiro atoms. The number of carbonyl (C=O) groups is 3. The molecule has 1 aromatic heterocycles. The van der Waals surface area contributed by atoms with E-state index >= 15 is 0 Å². The van der Waals surface area contributed by atoms with Gasteiger partial charge in [-0.15, -0.1) is 0 Å². The van der Waals surface area contributed by atoms with Crippen LogP contribution in [0.15, 0.2) is 41.0 Å². The maximum absolute atomic E-state index is 12.8. The second kappa shape index (κ2) is 10.3. The lowest BCUT2D eigenvalue weighted by atomic mass is 9.85. The quantitative estimate of drug-likeness (QED) is 0.409. The van der Waals surface area contributed by atoms with Crippen molar-refractivity contribution in [1.29, 1.82) is 0 Å². The first-order valence-electron chi connectivity index (χ1n) is 10.8. The van der Waals surface area contributed by atoms with Crippen molar-refractivity contribution in [3.63, 3.8) is 0 Å². The summed E-state index contributed by atoms with van der Waals surface area (Å²) in [6, 6.07) is 8.56. The van der Waals surface area contributed by atoms with E-state index in [0.717, 1.165) is 14.6 Å². The third-order valence-corrected chi connectivity index (χ3v) is 5.14. The molecule has 0 radical (unpaired) electrons. The van der Waals surface area contributed by atoms with Crippen molar-refractivity contribution in [2.24, 2.45) is 0 Å². The third kappa shape index (κ3) is 7.70. The van der Waals surface area contributed by atoms with Crippen LogP contribution in [0.4, 0.5) is 4.79 Å². The number of esters is 2. The van der Waals surface area contributed by atoms with Gasteiger partial charge in [-0.2, -0.15) is 0 Å². The Labute approximate surface area is 208 Å². The minimum atomic E-state index is -1.79. The highest BCUT2D eigenvalue weighted by atomic mass is 79.9. The van der Waals surface area contributed by atoms with Gasteiger partial charge in [-0.25, -0.2) is 14.2 Å². The van der Waals surface area contributed by atoms with Crippen LogP contribution in [-0.2, 0) is 31.0 Å². The van der Waals surface area contributed by atoms with Crippen molar-refractivity contribution in [2.45, 2.75) is 71.2 Å². The topological polar surface area (TPSA) is 104 Å². The number of hydrogen-bond donors (Lipinski definition) is 1. The van der Waals surface area contributed by atoms with Gasteiger partial charge in [0.25, 0.3) is 0 Å². The molecule has 0 aliphatic rings. The molecule has 1 unspecified atom stereocenters. The number of aliphatic hydroxyl groups is 1. The Morgan fingerprint density at radius 3 is 2.03 bits per heavy atom. The van der Waals surface area contributed by atoms with E-state index in [1.807, 2.05) is 12.1 Å². The summed E-state index contributed by atoms with van der Waals surface area (Å²) in [5.41, 5.74) is -2.59. The van der Waals surface area contributed by atoms with Crippen LogP contribution in [0.1, 0.15) is 69.6 Å². The lowest BCUT2D eigenvalue weighted by Crippen LogP contribution is -2.35. The zero-order chi connectivity index (χ0) is 25.9. The molecule has 0 saturated carbocycles. The van der Waals surface area contributed by atoms with Crippen LogP contribution >= 0.6 is 15.9 Å². The van der Waals surface area contributed by atoms with Gasteiger partial charge in [-0.3, -0.25) is 4.79 Å². The number of ether oxygens (including phenoxy) is 3. The minimum absolute atomic E-state index is 0.0263. The Morgan fingerprint density at radius 2 is 1.53 bits per heavy atom. The van der Waals surface area contributed by atoms with Gasteiger partial charge < -0.3 is 19.3 Å². The van der Waals surface area contributed by atoms with Gasteiger partial charge in [0.2, 0.25) is 0 Å². The summed E-state index contributed by atoms with van der Waals surface area (Å²) in [6.45, 7) is 10.3. The zero-order valence-corrected chi connectivity index (χ0v) is 22.2. The van der Waals surface area contributed by atoms with Gasteiger partial charge in [-0.05, 0) is 65.3 Å². The highest BCUT2D eigenvalue weighted by molar-refractivity contribution is 9.10. The van der Waals surface area contributed by atoms with Crippen LogP contribution < -0.4 is 0 Å². The van der Waals surface area contributed by atoms with Crippen molar-refractivity contribution in [3.05, 3.63) is 57.8 Å². The standard InChI is InChI=1S/C25H32BrNO7/c1-23(2,3)33-20(28)14-25(31,13-16-8-10-18(26)11-9-16)17-12-19(21(29)32-7)27(15-17)22(30)34-24(4,5)6/h8-12,15,31H,13-14H2,1-7H3. The Balaban J connectivity index is 2.57. The van der Waals surface area contributed by atoms with Crippen molar-refractivity contribution in [1.82, 2.24) is 4.57 Å². The number of aromatic nitrogens is 1. The summed E-state index contributed by atoms with van der Waals surface area (Å²) in [5.74, 6) is -1.42. The van der Waals surface area contributed by atoms with E-state index in [1.165, 1.54) is 19.4 Å². The fourth-order valence-corrected chi connectivity index (χ4v) is 3.53. The predicted octanol–water partition coefficient (Wildman–Crippen LogP) is 4.98. The molecule has 0 aliphatic heterocycles. The number of halogens is 1. The van der Waals surface area contributed by atoms with E-state index in [1.54, 1.807) is 53.7 Å². The summed E-state index contributed by atoms with van der Waals surface area (Å²) in [5, 5.41) is 11.7. The average Bonchev–Trinajstić information content (AvgIpc) is 3.13. The summed E-state index contributed by atoms with van der Waals surface area (Å²) in [7, 11) is 1.18. The number of carbonyl (C=O) groups excluding carboxylic acids is 3. The SMILES string of the molecule is COC(=O)c1cc(C(O)(CC(=O)OC(C)(C)C)Cc2ccc(Br)cc2)cn1C(=O)OC(C)(C)C. The summed E-state index contributed by atoms with van der Waals surface area (Å²) >= 11 is 3.38. The maximum Gasteiger partial charge on any atom is 0.419 e. The van der Waals surface area contributed by atoms with Crippen molar-refractivity contribution >= 4 is 34.0 Å². The van der Waals surface area contributed by atoms with Crippen LogP contribution in [0, 0.1) is 0 Å². The van der Waals surface area contributed by atoms with Gasteiger partial charge in [0.1, 0.15) is 22.5 Å². The van der Waals surface area contributed by atoms with E-state index in [2.05, 4.69) is 15.9 Å². The molecular weight excluding hydrogens is 506 g/mol. The summed E-state index contributed by atoms with van der Waals surface area (Å²) < 4.78 is 17.5. The van der Waals surface area contributed by atoms with Crippen LogP contribution in [0.3, 0.4) is 0 Å². The molecule has 9 heteroatoms. The monoisotopic (exact) mass is 537 g/mol. The van der Waals surface area contributed by atoms with Crippen LogP contribution in [0.25, 0.3) is 0 Å². The first-order valence-corrected chi connectivity index (χ1v) is 11.6. The third-order valence-electron chi connectivity index (χ3n) is 4.61. The first-order chi connectivity index (χ1) is 15.5. The van der Waals surface area contributed by atoms with Crippen LogP contribution in [-0.4, -0.2) is 46.0 Å². The van der Waals surface area contributed by atoms with E-state index in [9.17, 15) is 19.5 Å². The van der Waals surface area contributed by atoms with Gasteiger partial charge in [0.05, 0.1) is 13.5 Å². The van der Waals surface area contributed by atoms with E-state index in [-0.39, 0.29) is 17.7 Å². The molecule has 0 amide bonds. The molecule has 2 aromatic rings. The lowest BCUT2D eigenvalue weighted by molar-refractivity contribution is -0.160. The molecule has 1 aromatic carbocycles. The summed E-state index contributed by atoms with van der Waals surface area (Å²) in [4.78, 5) is 37.9. The highest BCUT2D eigenvalue weighted by Gasteiger charge is 2.38. The molecule has 0 aliphatic carbocycles.